The highest BCUT2D eigenvalue weighted by atomic mass is 35.5. The summed E-state index contributed by atoms with van der Waals surface area (Å²) in [6.45, 7) is 4.14. The van der Waals surface area contributed by atoms with Crippen LogP contribution in [0.1, 0.15) is 44.1 Å². The summed E-state index contributed by atoms with van der Waals surface area (Å²) >= 11 is 14.1. The first-order chi connectivity index (χ1) is 19.0. The number of hydrogen-bond donors (Lipinski definition) is 0. The first-order valence-corrected chi connectivity index (χ1v) is 14.0. The van der Waals surface area contributed by atoms with Gasteiger partial charge in [0, 0.05) is 0 Å². The largest absolute Gasteiger partial charge is 0.457 e. The molecule has 0 fully saturated rings. The molecule has 0 saturated carbocycles. The Morgan fingerprint density at radius 3 is 1.31 bits per heavy atom. The third kappa shape index (κ3) is 5.01. The Hall–Kier alpha value is -3.78. The van der Waals surface area contributed by atoms with Crippen LogP contribution in [0.2, 0.25) is 0 Å². The second kappa shape index (κ2) is 10.8. The average Bonchev–Trinajstić information content (AvgIpc) is 2.98. The van der Waals surface area contributed by atoms with Crippen molar-refractivity contribution in [3.8, 4) is 11.5 Å². The van der Waals surface area contributed by atoms with Crippen LogP contribution in [0.15, 0.2) is 121 Å². The smallest absolute Gasteiger partial charge is 0.130 e. The van der Waals surface area contributed by atoms with E-state index in [0.29, 0.717) is 0 Å². The minimum absolute atomic E-state index is 0.286. The van der Waals surface area contributed by atoms with Crippen LogP contribution < -0.4 is 4.74 Å². The van der Waals surface area contributed by atoms with E-state index in [1.807, 2.05) is 24.3 Å². The highest BCUT2D eigenvalue weighted by Crippen LogP contribution is 2.40. The molecule has 0 amide bonds. The van der Waals surface area contributed by atoms with E-state index >= 15 is 0 Å². The molecule has 0 aliphatic rings. The Morgan fingerprint density at radius 2 is 0.872 bits per heavy atom. The van der Waals surface area contributed by atoms with Gasteiger partial charge in [-0.25, -0.2) is 0 Å². The summed E-state index contributed by atoms with van der Waals surface area (Å²) in [5.74, 6) is 1.58. The number of fused-ring (bicyclic) bond motifs is 2. The maximum absolute atomic E-state index is 7.05. The molecule has 1 nitrogen and oxygen atoms in total. The number of rotatable bonds is 6. The summed E-state index contributed by atoms with van der Waals surface area (Å²) in [5.41, 5.74) is 6.23. The Balaban J connectivity index is 1.30. The molecule has 0 spiro atoms. The van der Waals surface area contributed by atoms with Crippen molar-refractivity contribution in [2.24, 2.45) is 0 Å². The van der Waals surface area contributed by atoms with Crippen LogP contribution in [0.5, 0.6) is 11.5 Å². The predicted molar refractivity (Wildman–Crippen MR) is 166 cm³/mol. The molecule has 6 rings (SSSR count). The second-order valence-electron chi connectivity index (χ2n) is 9.98. The standard InChI is InChI=1S/C36H28Cl2O/c1-23-31(35(37)29-19-17-25-9-3-5-11-27(25)21-29)13-7-15-33(23)39-34-16-8-14-32(24(34)2)36(38)30-20-18-26-10-4-6-12-28(26)22-30/h3-22,35-36H,1-2H3. The van der Waals surface area contributed by atoms with E-state index in [4.69, 9.17) is 27.9 Å². The molecule has 2 unspecified atom stereocenters. The zero-order valence-electron chi connectivity index (χ0n) is 21.9. The first-order valence-electron chi connectivity index (χ1n) is 13.1. The minimum Gasteiger partial charge on any atom is -0.457 e. The van der Waals surface area contributed by atoms with Gasteiger partial charge in [-0.3, -0.25) is 0 Å². The lowest BCUT2D eigenvalue weighted by molar-refractivity contribution is 0.473. The van der Waals surface area contributed by atoms with E-state index in [1.54, 1.807) is 0 Å². The molecule has 0 bridgehead atoms. The Kier molecular flexibility index (Phi) is 7.04. The molecule has 3 heteroatoms. The fraction of sp³-hybridized carbons (Fsp3) is 0.111. The summed E-state index contributed by atoms with van der Waals surface area (Å²) in [6, 6.07) is 41.6. The maximum Gasteiger partial charge on any atom is 0.130 e. The van der Waals surface area contributed by atoms with Gasteiger partial charge in [0.15, 0.2) is 0 Å². The van der Waals surface area contributed by atoms with Gasteiger partial charge >= 0.3 is 0 Å². The van der Waals surface area contributed by atoms with Gasteiger partial charge in [-0.2, -0.15) is 0 Å². The molecule has 0 aromatic heterocycles. The number of benzene rings is 6. The van der Waals surface area contributed by atoms with E-state index < -0.39 is 0 Å². The van der Waals surface area contributed by atoms with E-state index in [0.717, 1.165) is 44.9 Å². The summed E-state index contributed by atoms with van der Waals surface area (Å²) in [7, 11) is 0. The molecule has 0 aliphatic carbocycles. The Bertz CT molecular complexity index is 1670. The molecule has 0 heterocycles. The van der Waals surface area contributed by atoms with Crippen molar-refractivity contribution in [3.63, 3.8) is 0 Å². The molecule has 0 radical (unpaired) electrons. The summed E-state index contributed by atoms with van der Waals surface area (Å²) < 4.78 is 6.52. The summed E-state index contributed by atoms with van der Waals surface area (Å²) in [5, 5.41) is 4.20. The quantitative estimate of drug-likeness (QED) is 0.189. The fourth-order valence-corrected chi connectivity index (χ4v) is 5.99. The average molecular weight is 548 g/mol. The van der Waals surface area contributed by atoms with Crippen molar-refractivity contribution >= 4 is 44.7 Å². The minimum atomic E-state index is -0.286. The molecule has 6 aromatic rings. The summed E-state index contributed by atoms with van der Waals surface area (Å²) in [4.78, 5) is 0. The van der Waals surface area contributed by atoms with Crippen molar-refractivity contribution in [1.29, 1.82) is 0 Å². The lowest BCUT2D eigenvalue weighted by Gasteiger charge is -2.20. The molecular weight excluding hydrogens is 519 g/mol. The van der Waals surface area contributed by atoms with Gasteiger partial charge in [0.1, 0.15) is 11.5 Å². The number of hydrogen-bond acceptors (Lipinski definition) is 1. The number of ether oxygens (including phenoxy) is 1. The van der Waals surface area contributed by atoms with E-state index in [1.165, 1.54) is 21.5 Å². The zero-order chi connectivity index (χ0) is 26.9. The van der Waals surface area contributed by atoms with Crippen molar-refractivity contribution in [2.45, 2.75) is 24.6 Å². The highest BCUT2D eigenvalue weighted by Gasteiger charge is 2.19. The van der Waals surface area contributed by atoms with Crippen LogP contribution in [0.4, 0.5) is 0 Å². The zero-order valence-corrected chi connectivity index (χ0v) is 23.4. The molecule has 192 valence electrons. The monoisotopic (exact) mass is 546 g/mol. The third-order valence-electron chi connectivity index (χ3n) is 7.55. The first kappa shape index (κ1) is 25.5. The van der Waals surface area contributed by atoms with Crippen LogP contribution in [0.3, 0.4) is 0 Å². The van der Waals surface area contributed by atoms with Gasteiger partial charge in [0.2, 0.25) is 0 Å². The molecule has 0 N–H and O–H groups in total. The van der Waals surface area contributed by atoms with Gasteiger partial charge in [-0.1, -0.05) is 97.1 Å². The van der Waals surface area contributed by atoms with Crippen LogP contribution in [0, 0.1) is 13.8 Å². The number of alkyl halides is 2. The van der Waals surface area contributed by atoms with E-state index in [2.05, 4.69) is 111 Å². The van der Waals surface area contributed by atoms with Gasteiger partial charge in [-0.05, 0) is 93.0 Å². The summed E-state index contributed by atoms with van der Waals surface area (Å²) in [6.07, 6.45) is 0. The van der Waals surface area contributed by atoms with E-state index in [9.17, 15) is 0 Å². The van der Waals surface area contributed by atoms with Crippen LogP contribution >= 0.6 is 23.2 Å². The van der Waals surface area contributed by atoms with Gasteiger partial charge in [-0.15, -0.1) is 23.2 Å². The maximum atomic E-state index is 7.05. The topological polar surface area (TPSA) is 9.23 Å². The molecular formula is C36H28Cl2O. The lowest BCUT2D eigenvalue weighted by atomic mass is 9.96. The van der Waals surface area contributed by atoms with Crippen molar-refractivity contribution in [1.82, 2.24) is 0 Å². The fourth-order valence-electron chi connectivity index (χ4n) is 5.24. The van der Waals surface area contributed by atoms with Crippen molar-refractivity contribution in [2.75, 3.05) is 0 Å². The normalized spacial score (nSPS) is 12.9. The Morgan fingerprint density at radius 1 is 0.462 bits per heavy atom. The van der Waals surface area contributed by atoms with Crippen molar-refractivity contribution in [3.05, 3.63) is 155 Å². The lowest BCUT2D eigenvalue weighted by Crippen LogP contribution is -2.01. The molecule has 39 heavy (non-hydrogen) atoms. The van der Waals surface area contributed by atoms with E-state index in [-0.39, 0.29) is 10.8 Å². The molecule has 0 saturated heterocycles. The van der Waals surface area contributed by atoms with Gasteiger partial charge in [0.25, 0.3) is 0 Å². The third-order valence-corrected chi connectivity index (χ3v) is 8.52. The van der Waals surface area contributed by atoms with Crippen LogP contribution in [-0.2, 0) is 0 Å². The van der Waals surface area contributed by atoms with Crippen LogP contribution in [-0.4, -0.2) is 0 Å². The SMILES string of the molecule is Cc1c(Oc2cccc(C(Cl)c3ccc4ccccc4c3)c2C)cccc1C(Cl)c1ccc2ccccc2c1. The molecule has 2 atom stereocenters. The highest BCUT2D eigenvalue weighted by molar-refractivity contribution is 6.23. The second-order valence-corrected chi connectivity index (χ2v) is 10.9. The van der Waals surface area contributed by atoms with Crippen LogP contribution in [0.25, 0.3) is 21.5 Å². The Labute approximate surface area is 239 Å². The van der Waals surface area contributed by atoms with Gasteiger partial charge < -0.3 is 4.74 Å². The molecule has 6 aromatic carbocycles. The van der Waals surface area contributed by atoms with Gasteiger partial charge in [0.05, 0.1) is 10.8 Å². The molecule has 0 aliphatic heterocycles. The predicted octanol–water partition coefficient (Wildman–Crippen LogP) is 11.1. The number of halogens is 2. The van der Waals surface area contributed by atoms with Crippen molar-refractivity contribution < 1.29 is 4.74 Å².